The smallest absolute Gasteiger partial charge is 0.0545 e. The number of rotatable bonds is 3. The number of hydrogen-bond acceptors (Lipinski definition) is 2. The molecule has 3 rings (SSSR count). The van der Waals surface area contributed by atoms with Crippen LogP contribution in [0.5, 0.6) is 0 Å². The molecule has 0 unspecified atom stereocenters. The molecule has 0 bridgehead atoms. The zero-order chi connectivity index (χ0) is 13.8. The van der Waals surface area contributed by atoms with Gasteiger partial charge in [0.05, 0.1) is 6.04 Å². The molecule has 2 aromatic carbocycles. The molecular formula is C18H21NO. The summed E-state index contributed by atoms with van der Waals surface area (Å²) in [4.78, 5) is 2.47. The van der Waals surface area contributed by atoms with Crippen molar-refractivity contribution in [2.24, 2.45) is 5.92 Å². The lowest BCUT2D eigenvalue weighted by atomic mass is 9.87. The highest BCUT2D eigenvalue weighted by Crippen LogP contribution is 2.37. The Labute approximate surface area is 120 Å². The van der Waals surface area contributed by atoms with Crippen LogP contribution in [0, 0.1) is 5.92 Å². The average Bonchev–Trinajstić information content (AvgIpc) is 2.56. The van der Waals surface area contributed by atoms with Gasteiger partial charge in [0.25, 0.3) is 0 Å². The standard InChI is InChI=1S/C18H21NO/c20-14-15-11-12-19(17-9-5-2-6-10-17)18(13-15)16-7-3-1-4-8-16/h1-10,15,18,20H,11-14H2/t15-,18+/m0/s1. The first kappa shape index (κ1) is 13.2. The molecule has 1 aliphatic heterocycles. The SMILES string of the molecule is OC[C@H]1CCN(c2ccccc2)[C@@H](c2ccccc2)C1. The van der Waals surface area contributed by atoms with Gasteiger partial charge < -0.3 is 10.0 Å². The largest absolute Gasteiger partial charge is 0.396 e. The van der Waals surface area contributed by atoms with E-state index in [9.17, 15) is 5.11 Å². The van der Waals surface area contributed by atoms with Gasteiger partial charge in [-0.1, -0.05) is 48.5 Å². The van der Waals surface area contributed by atoms with Crippen molar-refractivity contribution in [1.82, 2.24) is 0 Å². The number of piperidine rings is 1. The van der Waals surface area contributed by atoms with Gasteiger partial charge in [-0.15, -0.1) is 0 Å². The number of benzene rings is 2. The summed E-state index contributed by atoms with van der Waals surface area (Å²) in [5.41, 5.74) is 2.62. The lowest BCUT2D eigenvalue weighted by Crippen LogP contribution is -2.37. The predicted molar refractivity (Wildman–Crippen MR) is 82.8 cm³/mol. The summed E-state index contributed by atoms with van der Waals surface area (Å²) in [7, 11) is 0. The molecule has 1 N–H and O–H groups in total. The highest BCUT2D eigenvalue weighted by atomic mass is 16.3. The van der Waals surface area contributed by atoms with E-state index in [-0.39, 0.29) is 0 Å². The van der Waals surface area contributed by atoms with E-state index in [1.807, 2.05) is 0 Å². The molecule has 2 aromatic rings. The first-order valence-electron chi connectivity index (χ1n) is 7.36. The van der Waals surface area contributed by atoms with Gasteiger partial charge in [-0.2, -0.15) is 0 Å². The molecule has 1 fully saturated rings. The molecule has 0 radical (unpaired) electrons. The van der Waals surface area contributed by atoms with Gasteiger partial charge in [-0.25, -0.2) is 0 Å². The summed E-state index contributed by atoms with van der Waals surface area (Å²) < 4.78 is 0. The maximum Gasteiger partial charge on any atom is 0.0545 e. The fourth-order valence-electron chi connectivity index (χ4n) is 3.12. The van der Waals surface area contributed by atoms with Gasteiger partial charge in [0.15, 0.2) is 0 Å². The molecule has 1 saturated heterocycles. The summed E-state index contributed by atoms with van der Waals surface area (Å²) in [5, 5.41) is 9.49. The van der Waals surface area contributed by atoms with E-state index < -0.39 is 0 Å². The second-order valence-corrected chi connectivity index (χ2v) is 5.53. The summed E-state index contributed by atoms with van der Waals surface area (Å²) in [6, 6.07) is 21.6. The summed E-state index contributed by atoms with van der Waals surface area (Å²) >= 11 is 0. The molecule has 20 heavy (non-hydrogen) atoms. The van der Waals surface area contributed by atoms with E-state index in [1.165, 1.54) is 11.3 Å². The van der Waals surface area contributed by atoms with Crippen molar-refractivity contribution in [2.45, 2.75) is 18.9 Å². The lowest BCUT2D eigenvalue weighted by Gasteiger charge is -2.41. The highest BCUT2D eigenvalue weighted by Gasteiger charge is 2.29. The Balaban J connectivity index is 1.91. The van der Waals surface area contributed by atoms with Gasteiger partial charge in [0.1, 0.15) is 0 Å². The van der Waals surface area contributed by atoms with Crippen LogP contribution in [-0.2, 0) is 0 Å². The zero-order valence-electron chi connectivity index (χ0n) is 11.7. The third-order valence-corrected chi connectivity index (χ3v) is 4.24. The fourth-order valence-corrected chi connectivity index (χ4v) is 3.12. The topological polar surface area (TPSA) is 23.5 Å². The molecule has 104 valence electrons. The third kappa shape index (κ3) is 2.70. The van der Waals surface area contributed by atoms with Crippen LogP contribution in [0.1, 0.15) is 24.4 Å². The van der Waals surface area contributed by atoms with Crippen LogP contribution in [0.3, 0.4) is 0 Å². The number of anilines is 1. The second kappa shape index (κ2) is 6.10. The number of nitrogens with zero attached hydrogens (tertiary/aromatic N) is 1. The van der Waals surface area contributed by atoms with E-state index in [1.54, 1.807) is 0 Å². The Bertz CT molecular complexity index is 526. The Morgan fingerprint density at radius 3 is 2.25 bits per heavy atom. The predicted octanol–water partition coefficient (Wildman–Crippen LogP) is 3.64. The van der Waals surface area contributed by atoms with Crippen LogP contribution in [-0.4, -0.2) is 18.3 Å². The van der Waals surface area contributed by atoms with Gasteiger partial charge >= 0.3 is 0 Å². The fraction of sp³-hybridized carbons (Fsp3) is 0.333. The zero-order valence-corrected chi connectivity index (χ0v) is 11.7. The van der Waals surface area contributed by atoms with Crippen molar-refractivity contribution in [3.63, 3.8) is 0 Å². The first-order chi connectivity index (χ1) is 9.88. The molecule has 0 aliphatic carbocycles. The van der Waals surface area contributed by atoms with E-state index >= 15 is 0 Å². The van der Waals surface area contributed by atoms with Crippen LogP contribution in [0.4, 0.5) is 5.69 Å². The minimum absolute atomic E-state index is 0.298. The molecule has 1 heterocycles. The van der Waals surface area contributed by atoms with Gasteiger partial charge in [-0.05, 0) is 36.5 Å². The molecule has 2 atom stereocenters. The Hall–Kier alpha value is -1.80. The summed E-state index contributed by atoms with van der Waals surface area (Å²) in [5.74, 6) is 0.417. The number of aliphatic hydroxyl groups excluding tert-OH is 1. The number of aliphatic hydroxyl groups is 1. The quantitative estimate of drug-likeness (QED) is 0.918. The normalized spacial score (nSPS) is 22.8. The van der Waals surface area contributed by atoms with E-state index in [2.05, 4.69) is 65.6 Å². The van der Waals surface area contributed by atoms with E-state index in [4.69, 9.17) is 0 Å². The van der Waals surface area contributed by atoms with Crippen molar-refractivity contribution in [2.75, 3.05) is 18.1 Å². The Kier molecular flexibility index (Phi) is 4.03. The van der Waals surface area contributed by atoms with Crippen LogP contribution in [0.2, 0.25) is 0 Å². The van der Waals surface area contributed by atoms with Gasteiger partial charge in [-0.3, -0.25) is 0 Å². The third-order valence-electron chi connectivity index (χ3n) is 4.24. The molecule has 2 nitrogen and oxygen atoms in total. The molecule has 0 amide bonds. The van der Waals surface area contributed by atoms with Crippen LogP contribution >= 0.6 is 0 Å². The van der Waals surface area contributed by atoms with Crippen molar-refractivity contribution < 1.29 is 5.11 Å². The molecule has 0 saturated carbocycles. The molecule has 2 heteroatoms. The van der Waals surface area contributed by atoms with Crippen molar-refractivity contribution >= 4 is 5.69 Å². The molecule has 0 spiro atoms. The van der Waals surface area contributed by atoms with Crippen LogP contribution in [0.25, 0.3) is 0 Å². The van der Waals surface area contributed by atoms with Gasteiger partial charge in [0, 0.05) is 18.8 Å². The second-order valence-electron chi connectivity index (χ2n) is 5.53. The molecule has 0 aromatic heterocycles. The summed E-state index contributed by atoms with van der Waals surface area (Å²) in [6.07, 6.45) is 2.09. The van der Waals surface area contributed by atoms with Crippen LogP contribution in [0.15, 0.2) is 60.7 Å². The maximum absolute atomic E-state index is 9.49. The maximum atomic E-state index is 9.49. The average molecular weight is 267 g/mol. The van der Waals surface area contributed by atoms with E-state index in [0.717, 1.165) is 19.4 Å². The minimum atomic E-state index is 0.298. The van der Waals surface area contributed by atoms with Crippen LogP contribution < -0.4 is 4.90 Å². The van der Waals surface area contributed by atoms with E-state index in [0.29, 0.717) is 18.6 Å². The van der Waals surface area contributed by atoms with Crippen molar-refractivity contribution in [1.29, 1.82) is 0 Å². The minimum Gasteiger partial charge on any atom is -0.396 e. The van der Waals surface area contributed by atoms with Crippen molar-refractivity contribution in [3.8, 4) is 0 Å². The monoisotopic (exact) mass is 267 g/mol. The molecule has 1 aliphatic rings. The Morgan fingerprint density at radius 1 is 0.950 bits per heavy atom. The Morgan fingerprint density at radius 2 is 1.60 bits per heavy atom. The number of hydrogen-bond donors (Lipinski definition) is 1. The first-order valence-corrected chi connectivity index (χ1v) is 7.36. The lowest BCUT2D eigenvalue weighted by molar-refractivity contribution is 0.188. The number of para-hydroxylation sites is 1. The van der Waals surface area contributed by atoms with Crippen molar-refractivity contribution in [3.05, 3.63) is 66.2 Å². The molecular weight excluding hydrogens is 246 g/mol. The highest BCUT2D eigenvalue weighted by molar-refractivity contribution is 5.49. The summed E-state index contributed by atoms with van der Waals surface area (Å²) in [6.45, 7) is 1.31. The van der Waals surface area contributed by atoms with Gasteiger partial charge in [0.2, 0.25) is 0 Å².